The van der Waals surface area contributed by atoms with Gasteiger partial charge in [-0.25, -0.2) is 13.1 Å². The number of hydrogen-bond donors (Lipinski definition) is 1. The third-order valence-electron chi connectivity index (χ3n) is 5.34. The zero-order chi connectivity index (χ0) is 18.9. The second-order valence-electron chi connectivity index (χ2n) is 6.87. The molecule has 0 aromatic carbocycles. The highest BCUT2D eigenvalue weighted by atomic mass is 32.2. The minimum absolute atomic E-state index is 0.382. The molecule has 2 aromatic heterocycles. The Hall–Kier alpha value is -1.22. The molecule has 8 heteroatoms. The molecule has 3 heterocycles. The summed E-state index contributed by atoms with van der Waals surface area (Å²) in [6.07, 6.45) is 2.38. The quantitative estimate of drug-likeness (QED) is 0.777. The van der Waals surface area contributed by atoms with E-state index in [1.165, 1.54) is 26.9 Å². The summed E-state index contributed by atoms with van der Waals surface area (Å²) in [5, 5.41) is 6.73. The molecule has 0 saturated carbocycles. The molecular formula is C18H29N4O2S2+. The first-order valence-corrected chi connectivity index (χ1v) is 11.6. The van der Waals surface area contributed by atoms with Crippen LogP contribution in [0.1, 0.15) is 49.0 Å². The molecule has 2 atom stereocenters. The van der Waals surface area contributed by atoms with Gasteiger partial charge in [0.2, 0.25) is 10.0 Å². The molecule has 26 heavy (non-hydrogen) atoms. The lowest BCUT2D eigenvalue weighted by Crippen LogP contribution is -3.09. The van der Waals surface area contributed by atoms with E-state index in [1.807, 2.05) is 36.8 Å². The fraction of sp³-hybridized carbons (Fsp3) is 0.611. The van der Waals surface area contributed by atoms with Crippen LogP contribution in [-0.2, 0) is 16.7 Å². The Balaban J connectivity index is 1.89. The Labute approximate surface area is 160 Å². The molecule has 1 N–H and O–H groups in total. The van der Waals surface area contributed by atoms with Crippen LogP contribution in [0.25, 0.3) is 0 Å². The number of aryl methyl sites for hydroxylation is 1. The van der Waals surface area contributed by atoms with Gasteiger partial charge < -0.3 is 4.90 Å². The fourth-order valence-corrected chi connectivity index (χ4v) is 6.78. The van der Waals surface area contributed by atoms with Gasteiger partial charge in [-0.05, 0) is 25.3 Å². The van der Waals surface area contributed by atoms with Crippen molar-refractivity contribution in [2.75, 3.05) is 19.6 Å². The molecule has 0 amide bonds. The summed E-state index contributed by atoms with van der Waals surface area (Å²) in [6, 6.07) is 4.80. The molecule has 0 radical (unpaired) electrons. The normalized spacial score (nSPS) is 21.0. The van der Waals surface area contributed by atoms with Crippen molar-refractivity contribution in [3.63, 3.8) is 0 Å². The first-order valence-electron chi connectivity index (χ1n) is 9.32. The molecule has 1 fully saturated rings. The van der Waals surface area contributed by atoms with Gasteiger partial charge in [0.05, 0.1) is 22.8 Å². The van der Waals surface area contributed by atoms with Gasteiger partial charge in [0.1, 0.15) is 10.9 Å². The summed E-state index contributed by atoms with van der Waals surface area (Å²) in [5.41, 5.74) is 1.35. The zero-order valence-corrected chi connectivity index (χ0v) is 17.7. The Morgan fingerprint density at radius 1 is 1.35 bits per heavy atom. The van der Waals surface area contributed by atoms with Crippen molar-refractivity contribution in [2.24, 2.45) is 0 Å². The summed E-state index contributed by atoms with van der Waals surface area (Å²) in [6.45, 7) is 10.2. The van der Waals surface area contributed by atoms with E-state index in [0.717, 1.165) is 12.2 Å². The summed E-state index contributed by atoms with van der Waals surface area (Å²) >= 11 is 1.81. The van der Waals surface area contributed by atoms with Gasteiger partial charge in [-0.1, -0.05) is 19.9 Å². The number of rotatable bonds is 7. The third kappa shape index (κ3) is 3.47. The second-order valence-corrected chi connectivity index (χ2v) is 9.72. The zero-order valence-electron chi connectivity index (χ0n) is 16.0. The smallest absolute Gasteiger partial charge is 0.246 e. The Morgan fingerprint density at radius 2 is 2.08 bits per heavy atom. The van der Waals surface area contributed by atoms with Crippen LogP contribution in [0.4, 0.5) is 0 Å². The molecule has 0 bridgehead atoms. The van der Waals surface area contributed by atoms with E-state index < -0.39 is 10.0 Å². The number of sulfonamides is 1. The molecule has 1 saturated heterocycles. The van der Waals surface area contributed by atoms with Gasteiger partial charge >= 0.3 is 0 Å². The monoisotopic (exact) mass is 397 g/mol. The number of aromatic nitrogens is 2. The van der Waals surface area contributed by atoms with E-state index >= 15 is 0 Å². The summed E-state index contributed by atoms with van der Waals surface area (Å²) < 4.78 is 29.4. The van der Waals surface area contributed by atoms with E-state index in [1.54, 1.807) is 6.92 Å². The highest BCUT2D eigenvalue weighted by Gasteiger charge is 2.34. The predicted octanol–water partition coefficient (Wildman–Crippen LogP) is 1.97. The fourth-order valence-electron chi connectivity index (χ4n) is 4.03. The number of likely N-dealkylation sites (tertiary alicyclic amines) is 1. The molecule has 0 aliphatic carbocycles. The SMILES string of the molecule is CCN(CC)S(=O)(=O)c1c(C)nn(C[NH+]2CCC[C@@H]2c2cccs2)c1C. The van der Waals surface area contributed by atoms with Crippen molar-refractivity contribution in [2.45, 2.75) is 58.1 Å². The van der Waals surface area contributed by atoms with Gasteiger partial charge in [-0.2, -0.15) is 9.40 Å². The van der Waals surface area contributed by atoms with E-state index in [4.69, 9.17) is 0 Å². The molecular weight excluding hydrogens is 368 g/mol. The lowest BCUT2D eigenvalue weighted by molar-refractivity contribution is -0.941. The van der Waals surface area contributed by atoms with E-state index in [2.05, 4.69) is 22.6 Å². The van der Waals surface area contributed by atoms with Crippen molar-refractivity contribution >= 4 is 21.4 Å². The summed E-state index contributed by atoms with van der Waals surface area (Å²) in [7, 11) is -3.49. The summed E-state index contributed by atoms with van der Waals surface area (Å²) in [5.74, 6) is 0. The van der Waals surface area contributed by atoms with E-state index in [9.17, 15) is 8.42 Å². The molecule has 1 aliphatic rings. The molecule has 3 rings (SSSR count). The number of nitrogens with zero attached hydrogens (tertiary/aromatic N) is 3. The van der Waals surface area contributed by atoms with Crippen LogP contribution in [0, 0.1) is 13.8 Å². The maximum atomic E-state index is 13.0. The second kappa shape index (κ2) is 7.80. The van der Waals surface area contributed by atoms with Crippen molar-refractivity contribution in [1.29, 1.82) is 0 Å². The van der Waals surface area contributed by atoms with Crippen LogP contribution in [0.2, 0.25) is 0 Å². The van der Waals surface area contributed by atoms with Crippen molar-refractivity contribution in [1.82, 2.24) is 14.1 Å². The maximum absolute atomic E-state index is 13.0. The number of hydrogen-bond acceptors (Lipinski definition) is 4. The highest BCUT2D eigenvalue weighted by molar-refractivity contribution is 7.89. The molecule has 6 nitrogen and oxygen atoms in total. The van der Waals surface area contributed by atoms with Crippen molar-refractivity contribution in [3.05, 3.63) is 33.8 Å². The van der Waals surface area contributed by atoms with E-state index in [0.29, 0.717) is 36.4 Å². The third-order valence-corrected chi connectivity index (χ3v) is 8.63. The first kappa shape index (κ1) is 19.5. The molecule has 1 unspecified atom stereocenters. The Morgan fingerprint density at radius 3 is 2.69 bits per heavy atom. The van der Waals surface area contributed by atoms with Crippen LogP contribution >= 0.6 is 11.3 Å². The van der Waals surface area contributed by atoms with Crippen LogP contribution in [0.15, 0.2) is 22.4 Å². The topological polar surface area (TPSA) is 59.6 Å². The van der Waals surface area contributed by atoms with E-state index in [-0.39, 0.29) is 0 Å². The van der Waals surface area contributed by atoms with Gasteiger partial charge in [-0.15, -0.1) is 11.3 Å². The molecule has 1 aliphatic heterocycles. The minimum atomic E-state index is -3.49. The van der Waals surface area contributed by atoms with Gasteiger partial charge in [0.15, 0.2) is 6.67 Å². The minimum Gasteiger partial charge on any atom is -0.310 e. The molecule has 144 valence electrons. The Kier molecular flexibility index (Phi) is 5.86. The highest BCUT2D eigenvalue weighted by Crippen LogP contribution is 2.25. The number of quaternary nitrogens is 1. The molecule has 2 aromatic rings. The van der Waals surface area contributed by atoms with Crippen LogP contribution < -0.4 is 4.90 Å². The predicted molar refractivity (Wildman–Crippen MR) is 104 cm³/mol. The average Bonchev–Trinajstić information content (AvgIpc) is 3.30. The largest absolute Gasteiger partial charge is 0.310 e. The lowest BCUT2D eigenvalue weighted by atomic mass is 10.2. The summed E-state index contributed by atoms with van der Waals surface area (Å²) in [4.78, 5) is 3.26. The van der Waals surface area contributed by atoms with Crippen molar-refractivity contribution in [3.8, 4) is 0 Å². The maximum Gasteiger partial charge on any atom is 0.246 e. The average molecular weight is 398 g/mol. The number of nitrogens with one attached hydrogen (secondary N) is 1. The lowest BCUT2D eigenvalue weighted by Gasteiger charge is -2.21. The first-order chi connectivity index (χ1) is 12.4. The van der Waals surface area contributed by atoms with Gasteiger partial charge in [0.25, 0.3) is 0 Å². The molecule has 0 spiro atoms. The van der Waals surface area contributed by atoms with Crippen molar-refractivity contribution < 1.29 is 13.3 Å². The van der Waals surface area contributed by atoms with Gasteiger partial charge in [-0.3, -0.25) is 0 Å². The standard InChI is InChI=1S/C18H28N4O2S2/c1-5-21(6-2)26(23,24)18-14(3)19-22(15(18)4)13-20-11-7-9-16(20)17-10-8-12-25-17/h8,10,12,16H,5-7,9,11,13H2,1-4H3/p+1/t16-/m1/s1. The van der Waals surface area contributed by atoms with Crippen LogP contribution in [-0.4, -0.2) is 42.1 Å². The van der Waals surface area contributed by atoms with Crippen LogP contribution in [0.3, 0.4) is 0 Å². The van der Waals surface area contributed by atoms with Gasteiger partial charge in [0, 0.05) is 25.9 Å². The van der Waals surface area contributed by atoms with Crippen LogP contribution in [0.5, 0.6) is 0 Å². The Bertz CT molecular complexity index is 839. The number of thiophene rings is 1.